The zero-order valence-electron chi connectivity index (χ0n) is 13.6. The van der Waals surface area contributed by atoms with Crippen molar-refractivity contribution in [3.63, 3.8) is 0 Å². The van der Waals surface area contributed by atoms with Crippen LogP contribution in [-0.2, 0) is 0 Å². The Labute approximate surface area is 150 Å². The molecule has 1 aliphatic heterocycles. The van der Waals surface area contributed by atoms with Crippen LogP contribution in [0.25, 0.3) is 10.8 Å². The molecule has 0 saturated carbocycles. The second-order valence-electron chi connectivity index (χ2n) is 6.04. The van der Waals surface area contributed by atoms with Crippen molar-refractivity contribution in [1.82, 2.24) is 9.97 Å². The molecule has 1 aliphatic rings. The molecule has 1 N–H and O–H groups in total. The SMILES string of the molecule is O=C(Nc1cccc2ccccc12)c1nc(N2CCCC2)ncc1Cl. The third kappa shape index (κ3) is 3.15. The van der Waals surface area contributed by atoms with Gasteiger partial charge in [-0.05, 0) is 24.3 Å². The van der Waals surface area contributed by atoms with Gasteiger partial charge in [-0.15, -0.1) is 0 Å². The normalized spacial score (nSPS) is 14.0. The molecular weight excluding hydrogens is 336 g/mol. The first kappa shape index (κ1) is 15.8. The minimum absolute atomic E-state index is 0.200. The van der Waals surface area contributed by atoms with E-state index in [4.69, 9.17) is 11.6 Å². The third-order valence-electron chi connectivity index (χ3n) is 4.37. The molecule has 1 fully saturated rings. The lowest BCUT2D eigenvalue weighted by Gasteiger charge is -2.16. The van der Waals surface area contributed by atoms with Crippen LogP contribution in [0.15, 0.2) is 48.7 Å². The lowest BCUT2D eigenvalue weighted by molar-refractivity contribution is 0.102. The average molecular weight is 353 g/mol. The largest absolute Gasteiger partial charge is 0.341 e. The number of carbonyl (C=O) groups is 1. The second-order valence-corrected chi connectivity index (χ2v) is 6.45. The van der Waals surface area contributed by atoms with Crippen molar-refractivity contribution in [2.24, 2.45) is 0 Å². The first-order valence-electron chi connectivity index (χ1n) is 8.29. The van der Waals surface area contributed by atoms with Crippen LogP contribution in [0.3, 0.4) is 0 Å². The zero-order valence-corrected chi connectivity index (χ0v) is 14.3. The van der Waals surface area contributed by atoms with Crippen molar-refractivity contribution >= 4 is 39.9 Å². The summed E-state index contributed by atoms with van der Waals surface area (Å²) in [5.41, 5.74) is 0.937. The van der Waals surface area contributed by atoms with Gasteiger partial charge in [0.05, 0.1) is 11.2 Å². The minimum Gasteiger partial charge on any atom is -0.341 e. The van der Waals surface area contributed by atoms with Crippen LogP contribution in [-0.4, -0.2) is 29.0 Å². The van der Waals surface area contributed by atoms with Crippen molar-refractivity contribution < 1.29 is 4.79 Å². The predicted molar refractivity (Wildman–Crippen MR) is 100 cm³/mol. The maximum Gasteiger partial charge on any atom is 0.276 e. The van der Waals surface area contributed by atoms with Crippen molar-refractivity contribution in [2.75, 3.05) is 23.3 Å². The highest BCUT2D eigenvalue weighted by atomic mass is 35.5. The van der Waals surface area contributed by atoms with Crippen LogP contribution in [0.5, 0.6) is 0 Å². The number of nitrogens with zero attached hydrogens (tertiary/aromatic N) is 3. The molecule has 5 nitrogen and oxygen atoms in total. The second kappa shape index (κ2) is 6.69. The summed E-state index contributed by atoms with van der Waals surface area (Å²) in [6.45, 7) is 1.82. The van der Waals surface area contributed by atoms with E-state index in [2.05, 4.69) is 20.2 Å². The molecule has 0 spiro atoms. The molecule has 6 heteroatoms. The topological polar surface area (TPSA) is 58.1 Å². The number of nitrogens with one attached hydrogen (secondary N) is 1. The molecular formula is C19H17ClN4O. The number of anilines is 2. The van der Waals surface area contributed by atoms with Gasteiger partial charge in [-0.1, -0.05) is 48.0 Å². The average Bonchev–Trinajstić information content (AvgIpc) is 3.17. The van der Waals surface area contributed by atoms with Crippen molar-refractivity contribution in [3.05, 3.63) is 59.4 Å². The maximum atomic E-state index is 12.7. The summed E-state index contributed by atoms with van der Waals surface area (Å²) in [6.07, 6.45) is 3.73. The lowest BCUT2D eigenvalue weighted by atomic mass is 10.1. The quantitative estimate of drug-likeness (QED) is 0.769. The molecule has 2 heterocycles. The molecule has 0 unspecified atom stereocenters. The Kier molecular flexibility index (Phi) is 4.24. The van der Waals surface area contributed by atoms with Gasteiger partial charge < -0.3 is 10.2 Å². The summed E-state index contributed by atoms with van der Waals surface area (Å²) in [5, 5.41) is 5.22. The maximum absolute atomic E-state index is 12.7. The third-order valence-corrected chi connectivity index (χ3v) is 4.65. The molecule has 0 aliphatic carbocycles. The zero-order chi connectivity index (χ0) is 17.2. The van der Waals surface area contributed by atoms with E-state index in [0.29, 0.717) is 5.95 Å². The highest BCUT2D eigenvalue weighted by Gasteiger charge is 2.20. The van der Waals surface area contributed by atoms with Gasteiger partial charge in [0.2, 0.25) is 5.95 Å². The summed E-state index contributed by atoms with van der Waals surface area (Å²) in [4.78, 5) is 23.5. The fourth-order valence-electron chi connectivity index (χ4n) is 3.10. The van der Waals surface area contributed by atoms with Crippen LogP contribution in [0.2, 0.25) is 5.02 Å². The van der Waals surface area contributed by atoms with Crippen LogP contribution in [0.1, 0.15) is 23.3 Å². The molecule has 1 amide bonds. The van der Waals surface area contributed by atoms with Gasteiger partial charge in [-0.3, -0.25) is 4.79 Å². The van der Waals surface area contributed by atoms with Crippen LogP contribution >= 0.6 is 11.6 Å². The Morgan fingerprint density at radius 2 is 1.84 bits per heavy atom. The van der Waals surface area contributed by atoms with Crippen LogP contribution in [0.4, 0.5) is 11.6 Å². The van der Waals surface area contributed by atoms with Crippen LogP contribution in [0, 0.1) is 0 Å². The first-order chi connectivity index (χ1) is 12.2. The van der Waals surface area contributed by atoms with E-state index in [-0.39, 0.29) is 16.6 Å². The number of amides is 1. The molecule has 3 aromatic rings. The van der Waals surface area contributed by atoms with Gasteiger partial charge in [0, 0.05) is 24.2 Å². The van der Waals surface area contributed by atoms with E-state index < -0.39 is 0 Å². The summed E-state index contributed by atoms with van der Waals surface area (Å²) in [7, 11) is 0. The molecule has 2 aromatic carbocycles. The summed E-state index contributed by atoms with van der Waals surface area (Å²) < 4.78 is 0. The van der Waals surface area contributed by atoms with E-state index >= 15 is 0 Å². The number of hydrogen-bond acceptors (Lipinski definition) is 4. The molecule has 1 aromatic heterocycles. The Bertz CT molecular complexity index is 932. The molecule has 25 heavy (non-hydrogen) atoms. The molecule has 0 bridgehead atoms. The Morgan fingerprint density at radius 1 is 1.08 bits per heavy atom. The fraction of sp³-hybridized carbons (Fsp3) is 0.211. The van der Waals surface area contributed by atoms with Crippen molar-refractivity contribution in [3.8, 4) is 0 Å². The van der Waals surface area contributed by atoms with Gasteiger partial charge >= 0.3 is 0 Å². The number of halogens is 1. The summed E-state index contributed by atoms with van der Waals surface area (Å²) in [5.74, 6) is 0.231. The Balaban J connectivity index is 1.65. The highest BCUT2D eigenvalue weighted by molar-refractivity contribution is 6.34. The predicted octanol–water partition coefficient (Wildman–Crippen LogP) is 4.14. The van der Waals surface area contributed by atoms with E-state index in [1.807, 2.05) is 42.5 Å². The Morgan fingerprint density at radius 3 is 2.68 bits per heavy atom. The standard InChI is InChI=1S/C19H17ClN4O/c20-15-12-21-19(24-10-3-4-11-24)23-17(15)18(25)22-16-9-5-7-13-6-1-2-8-14(13)16/h1-2,5-9,12H,3-4,10-11H2,(H,22,25). The molecule has 126 valence electrons. The minimum atomic E-state index is -0.329. The molecule has 0 radical (unpaired) electrons. The fourth-order valence-corrected chi connectivity index (χ4v) is 3.28. The van der Waals surface area contributed by atoms with Gasteiger partial charge in [-0.2, -0.15) is 0 Å². The monoisotopic (exact) mass is 352 g/mol. The van der Waals surface area contributed by atoms with Gasteiger partial charge in [-0.25, -0.2) is 9.97 Å². The summed E-state index contributed by atoms with van der Waals surface area (Å²) >= 11 is 6.18. The number of aromatic nitrogens is 2. The van der Waals surface area contributed by atoms with E-state index in [1.165, 1.54) is 6.20 Å². The Hall–Kier alpha value is -2.66. The smallest absolute Gasteiger partial charge is 0.276 e. The van der Waals surface area contributed by atoms with Crippen molar-refractivity contribution in [2.45, 2.75) is 12.8 Å². The van der Waals surface area contributed by atoms with E-state index in [1.54, 1.807) is 0 Å². The molecule has 1 saturated heterocycles. The van der Waals surface area contributed by atoms with Gasteiger partial charge in [0.1, 0.15) is 0 Å². The molecule has 0 atom stereocenters. The van der Waals surface area contributed by atoms with E-state index in [9.17, 15) is 4.79 Å². The van der Waals surface area contributed by atoms with E-state index in [0.717, 1.165) is 42.4 Å². The van der Waals surface area contributed by atoms with Crippen molar-refractivity contribution in [1.29, 1.82) is 0 Å². The number of benzene rings is 2. The first-order valence-corrected chi connectivity index (χ1v) is 8.67. The highest BCUT2D eigenvalue weighted by Crippen LogP contribution is 2.25. The van der Waals surface area contributed by atoms with Gasteiger partial charge in [0.15, 0.2) is 5.69 Å². The molecule has 4 rings (SSSR count). The lowest BCUT2D eigenvalue weighted by Crippen LogP contribution is -2.23. The number of rotatable bonds is 3. The number of fused-ring (bicyclic) bond motifs is 1. The number of carbonyl (C=O) groups excluding carboxylic acids is 1. The van der Waals surface area contributed by atoms with Gasteiger partial charge in [0.25, 0.3) is 5.91 Å². The number of hydrogen-bond donors (Lipinski definition) is 1. The summed E-state index contributed by atoms with van der Waals surface area (Å²) in [6, 6.07) is 13.7. The van der Waals surface area contributed by atoms with Crippen LogP contribution < -0.4 is 10.2 Å².